The normalized spacial score (nSPS) is 22.7. The molecule has 0 aromatic heterocycles. The van der Waals surface area contributed by atoms with Crippen molar-refractivity contribution >= 4 is 5.91 Å². The zero-order valence-electron chi connectivity index (χ0n) is 9.88. The van der Waals surface area contributed by atoms with Crippen LogP contribution >= 0.6 is 0 Å². The van der Waals surface area contributed by atoms with Gasteiger partial charge < -0.3 is 15.5 Å². The number of nitrogens with one attached hydrogen (secondary N) is 2. The van der Waals surface area contributed by atoms with E-state index in [1.54, 1.807) is 0 Å². The van der Waals surface area contributed by atoms with E-state index in [0.29, 0.717) is 19.0 Å². The molecule has 0 saturated carbocycles. The van der Waals surface area contributed by atoms with Crippen LogP contribution in [0.5, 0.6) is 0 Å². The minimum Gasteiger partial charge on any atom is -0.355 e. The summed E-state index contributed by atoms with van der Waals surface area (Å²) in [6, 6.07) is 0. The van der Waals surface area contributed by atoms with E-state index in [0.717, 1.165) is 13.1 Å². The minimum absolute atomic E-state index is 0.0988. The van der Waals surface area contributed by atoms with Crippen LogP contribution < -0.4 is 10.6 Å². The molecule has 1 atom stereocenters. The minimum atomic E-state index is 0.0988. The summed E-state index contributed by atoms with van der Waals surface area (Å²) in [4.78, 5) is 13.5. The second kappa shape index (κ2) is 6.80. The third-order valence-corrected chi connectivity index (χ3v) is 2.81. The molecule has 0 aromatic carbocycles. The Hall–Kier alpha value is -0.610. The Morgan fingerprint density at radius 2 is 2.33 bits per heavy atom. The topological polar surface area (TPSA) is 44.4 Å². The summed E-state index contributed by atoms with van der Waals surface area (Å²) in [7, 11) is 2.16. The van der Waals surface area contributed by atoms with Crippen molar-refractivity contribution in [3.63, 3.8) is 0 Å². The second-order valence-corrected chi connectivity index (χ2v) is 4.35. The van der Waals surface area contributed by atoms with Crippen LogP contribution in [0.2, 0.25) is 0 Å². The lowest BCUT2D eigenvalue weighted by Crippen LogP contribution is -2.40. The van der Waals surface area contributed by atoms with Gasteiger partial charge in [0.2, 0.25) is 5.91 Å². The lowest BCUT2D eigenvalue weighted by molar-refractivity contribution is -0.120. The van der Waals surface area contributed by atoms with E-state index in [2.05, 4.69) is 22.6 Å². The fourth-order valence-electron chi connectivity index (χ4n) is 2.09. The second-order valence-electron chi connectivity index (χ2n) is 4.35. The van der Waals surface area contributed by atoms with Gasteiger partial charge in [0.05, 0.1) is 6.54 Å². The molecule has 0 aromatic rings. The highest BCUT2D eigenvalue weighted by atomic mass is 16.1. The number of rotatable bonds is 5. The van der Waals surface area contributed by atoms with Crippen LogP contribution in [0.4, 0.5) is 0 Å². The molecule has 1 aliphatic heterocycles. The lowest BCUT2D eigenvalue weighted by atomic mass is 9.98. The van der Waals surface area contributed by atoms with Crippen LogP contribution in [-0.2, 0) is 4.79 Å². The first-order valence-corrected chi connectivity index (χ1v) is 5.88. The first kappa shape index (κ1) is 12.5. The number of nitrogens with zero attached hydrogens (tertiary/aromatic N) is 1. The molecule has 1 unspecified atom stereocenters. The van der Waals surface area contributed by atoms with Crippen molar-refractivity contribution in [2.75, 3.05) is 39.8 Å². The monoisotopic (exact) mass is 213 g/mol. The lowest BCUT2D eigenvalue weighted by Gasteiger charge is -2.29. The summed E-state index contributed by atoms with van der Waals surface area (Å²) < 4.78 is 0. The molecular formula is C11H23N3O. The van der Waals surface area contributed by atoms with Gasteiger partial charge in [-0.05, 0) is 45.8 Å². The van der Waals surface area contributed by atoms with E-state index in [9.17, 15) is 4.79 Å². The molecule has 1 aliphatic rings. The highest BCUT2D eigenvalue weighted by molar-refractivity contribution is 5.77. The molecule has 0 aliphatic carbocycles. The molecule has 15 heavy (non-hydrogen) atoms. The van der Waals surface area contributed by atoms with Crippen LogP contribution in [0.15, 0.2) is 0 Å². The fraction of sp³-hybridized carbons (Fsp3) is 0.909. The van der Waals surface area contributed by atoms with Gasteiger partial charge in [-0.2, -0.15) is 0 Å². The van der Waals surface area contributed by atoms with Crippen LogP contribution in [0, 0.1) is 5.92 Å². The first-order valence-electron chi connectivity index (χ1n) is 5.88. The van der Waals surface area contributed by atoms with Gasteiger partial charge in [0.15, 0.2) is 0 Å². The fourth-order valence-corrected chi connectivity index (χ4v) is 2.09. The summed E-state index contributed by atoms with van der Waals surface area (Å²) in [6.07, 6.45) is 2.57. The maximum absolute atomic E-state index is 11.2. The number of likely N-dealkylation sites (tertiary alicyclic amines) is 1. The smallest absolute Gasteiger partial charge is 0.233 e. The van der Waals surface area contributed by atoms with E-state index in [4.69, 9.17) is 0 Å². The molecule has 0 spiro atoms. The van der Waals surface area contributed by atoms with Crippen molar-refractivity contribution in [3.05, 3.63) is 0 Å². The number of hydrogen-bond acceptors (Lipinski definition) is 3. The molecule has 1 rings (SSSR count). The molecule has 1 fully saturated rings. The van der Waals surface area contributed by atoms with Crippen LogP contribution in [0.1, 0.15) is 19.8 Å². The largest absolute Gasteiger partial charge is 0.355 e. The van der Waals surface area contributed by atoms with Crippen molar-refractivity contribution in [2.24, 2.45) is 5.92 Å². The van der Waals surface area contributed by atoms with Crippen LogP contribution in [-0.4, -0.2) is 50.6 Å². The van der Waals surface area contributed by atoms with Gasteiger partial charge in [0.25, 0.3) is 0 Å². The number of amides is 1. The average Bonchev–Trinajstić information content (AvgIpc) is 2.18. The van der Waals surface area contributed by atoms with Crippen molar-refractivity contribution in [2.45, 2.75) is 19.8 Å². The Kier molecular flexibility index (Phi) is 5.65. The van der Waals surface area contributed by atoms with E-state index >= 15 is 0 Å². The molecule has 88 valence electrons. The predicted molar refractivity (Wildman–Crippen MR) is 61.8 cm³/mol. The average molecular weight is 213 g/mol. The van der Waals surface area contributed by atoms with Crippen LogP contribution in [0.3, 0.4) is 0 Å². The van der Waals surface area contributed by atoms with Gasteiger partial charge in [0.1, 0.15) is 0 Å². The van der Waals surface area contributed by atoms with Gasteiger partial charge >= 0.3 is 0 Å². The summed E-state index contributed by atoms with van der Waals surface area (Å²) in [5, 5.41) is 6.00. The highest BCUT2D eigenvalue weighted by Crippen LogP contribution is 2.13. The van der Waals surface area contributed by atoms with Crippen molar-refractivity contribution in [1.29, 1.82) is 0 Å². The van der Waals surface area contributed by atoms with Gasteiger partial charge in [0, 0.05) is 13.1 Å². The molecule has 4 nitrogen and oxygen atoms in total. The molecule has 1 heterocycles. The van der Waals surface area contributed by atoms with Crippen molar-refractivity contribution < 1.29 is 4.79 Å². The zero-order valence-corrected chi connectivity index (χ0v) is 9.88. The number of carbonyl (C=O) groups excluding carboxylic acids is 1. The highest BCUT2D eigenvalue weighted by Gasteiger charge is 2.16. The maximum Gasteiger partial charge on any atom is 0.233 e. The Balaban J connectivity index is 2.06. The van der Waals surface area contributed by atoms with E-state index in [1.165, 1.54) is 19.4 Å². The third kappa shape index (κ3) is 5.14. The molecular weight excluding hydrogens is 190 g/mol. The SMILES string of the molecule is CCNC(=O)CNCC1CCCN(C)C1. The zero-order chi connectivity index (χ0) is 11.1. The number of carbonyl (C=O) groups is 1. The summed E-state index contributed by atoms with van der Waals surface area (Å²) >= 11 is 0. The van der Waals surface area contributed by atoms with Gasteiger partial charge in [-0.15, -0.1) is 0 Å². The summed E-state index contributed by atoms with van der Waals surface area (Å²) in [5.41, 5.74) is 0. The van der Waals surface area contributed by atoms with Crippen molar-refractivity contribution in [1.82, 2.24) is 15.5 Å². The Morgan fingerprint density at radius 1 is 1.53 bits per heavy atom. The molecule has 2 N–H and O–H groups in total. The Morgan fingerprint density at radius 3 is 3.00 bits per heavy atom. The number of piperidine rings is 1. The summed E-state index contributed by atoms with van der Waals surface area (Å²) in [5.74, 6) is 0.805. The van der Waals surface area contributed by atoms with E-state index in [1.807, 2.05) is 6.92 Å². The first-order chi connectivity index (χ1) is 7.22. The van der Waals surface area contributed by atoms with E-state index < -0.39 is 0 Å². The third-order valence-electron chi connectivity index (χ3n) is 2.81. The standard InChI is InChI=1S/C11H23N3O/c1-3-13-11(15)8-12-7-10-5-4-6-14(2)9-10/h10,12H,3-9H2,1-2H3,(H,13,15). The Labute approximate surface area is 92.4 Å². The van der Waals surface area contributed by atoms with Gasteiger partial charge in [-0.3, -0.25) is 4.79 Å². The molecule has 4 heteroatoms. The molecule has 1 saturated heterocycles. The molecule has 0 radical (unpaired) electrons. The Bertz CT molecular complexity index is 196. The van der Waals surface area contributed by atoms with Crippen LogP contribution in [0.25, 0.3) is 0 Å². The molecule has 0 bridgehead atoms. The maximum atomic E-state index is 11.2. The van der Waals surface area contributed by atoms with Gasteiger partial charge in [-0.1, -0.05) is 0 Å². The van der Waals surface area contributed by atoms with Gasteiger partial charge in [-0.25, -0.2) is 0 Å². The quantitative estimate of drug-likeness (QED) is 0.678. The summed E-state index contributed by atoms with van der Waals surface area (Å²) in [6.45, 7) is 6.44. The van der Waals surface area contributed by atoms with E-state index in [-0.39, 0.29) is 5.91 Å². The van der Waals surface area contributed by atoms with Crippen molar-refractivity contribution in [3.8, 4) is 0 Å². The number of likely N-dealkylation sites (N-methyl/N-ethyl adjacent to an activating group) is 1. The molecule has 1 amide bonds. The predicted octanol–water partition coefficient (Wildman–Crippen LogP) is 0.0539. The number of hydrogen-bond donors (Lipinski definition) is 2.